The molecule has 4 N–H and O–H groups in total. The summed E-state index contributed by atoms with van der Waals surface area (Å²) < 4.78 is 0. The number of aliphatic hydroxyl groups is 2. The van der Waals surface area contributed by atoms with Crippen LogP contribution in [-0.4, -0.2) is 33.4 Å². The van der Waals surface area contributed by atoms with Crippen LogP contribution in [-0.2, 0) is 12.8 Å². The molecule has 2 aromatic carbocycles. The number of aliphatic hydroxyl groups excluding tert-OH is 2. The molecule has 0 aliphatic rings. The first kappa shape index (κ1) is 20.7. The molecule has 0 saturated heterocycles. The van der Waals surface area contributed by atoms with E-state index in [2.05, 4.69) is 9.97 Å². The zero-order valence-electron chi connectivity index (χ0n) is 15.9. The van der Waals surface area contributed by atoms with Gasteiger partial charge in [0.2, 0.25) is 0 Å². The maximum Gasteiger partial charge on any atom is 0.0485 e. The number of hydrogen-bond acceptors (Lipinski definition) is 2. The summed E-state index contributed by atoms with van der Waals surface area (Å²) >= 11 is 11.8. The normalized spacial score (nSPS) is 11.1. The lowest BCUT2D eigenvalue weighted by molar-refractivity contribution is 0.298. The molecule has 0 aliphatic heterocycles. The molecule has 0 fully saturated rings. The fraction of sp³-hybridized carbons (Fsp3) is 0.273. The van der Waals surface area contributed by atoms with Crippen LogP contribution in [0.15, 0.2) is 36.4 Å². The summed E-state index contributed by atoms with van der Waals surface area (Å²) in [5.74, 6) is 0. The van der Waals surface area contributed by atoms with Crippen molar-refractivity contribution in [1.29, 1.82) is 0 Å². The second-order valence-corrected chi connectivity index (χ2v) is 7.66. The molecule has 4 rings (SSSR count). The van der Waals surface area contributed by atoms with Gasteiger partial charge in [0.1, 0.15) is 0 Å². The lowest BCUT2D eigenvalue weighted by Gasteiger charge is -1.94. The molecule has 0 atom stereocenters. The third kappa shape index (κ3) is 4.36. The Hall–Kier alpha value is -1.98. The van der Waals surface area contributed by atoms with Crippen LogP contribution < -0.4 is 0 Å². The smallest absolute Gasteiger partial charge is 0.0485 e. The molecular weight excluding hydrogens is 395 g/mol. The van der Waals surface area contributed by atoms with Gasteiger partial charge in [-0.2, -0.15) is 0 Å². The molecule has 0 radical (unpaired) electrons. The number of hydrogen-bond donors (Lipinski definition) is 4. The Morgan fingerprint density at radius 2 is 1.11 bits per heavy atom. The fourth-order valence-corrected chi connectivity index (χ4v) is 3.78. The van der Waals surface area contributed by atoms with Crippen LogP contribution in [0.4, 0.5) is 0 Å². The summed E-state index contributed by atoms with van der Waals surface area (Å²) in [7, 11) is 0. The average molecular weight is 419 g/mol. The predicted octanol–water partition coefficient (Wildman–Crippen LogP) is 5.33. The Labute approximate surface area is 174 Å². The van der Waals surface area contributed by atoms with Gasteiger partial charge in [0.15, 0.2) is 0 Å². The van der Waals surface area contributed by atoms with E-state index in [-0.39, 0.29) is 13.2 Å². The highest BCUT2D eigenvalue weighted by Crippen LogP contribution is 2.26. The van der Waals surface area contributed by atoms with Crippen LogP contribution in [0.3, 0.4) is 0 Å². The Balaban J connectivity index is 0.000000161. The topological polar surface area (TPSA) is 72.0 Å². The molecule has 2 aromatic heterocycles. The Bertz CT molecular complexity index is 1010. The lowest BCUT2D eigenvalue weighted by Crippen LogP contribution is -1.92. The van der Waals surface area contributed by atoms with E-state index in [1.165, 1.54) is 11.1 Å². The number of nitrogens with one attached hydrogen (secondary N) is 2. The van der Waals surface area contributed by atoms with Gasteiger partial charge < -0.3 is 20.2 Å². The van der Waals surface area contributed by atoms with E-state index in [0.717, 1.165) is 43.2 Å². The maximum atomic E-state index is 8.88. The van der Waals surface area contributed by atoms with Crippen LogP contribution in [0.25, 0.3) is 21.8 Å². The molecule has 0 unspecified atom stereocenters. The van der Waals surface area contributed by atoms with Gasteiger partial charge in [-0.1, -0.05) is 23.2 Å². The van der Waals surface area contributed by atoms with Crippen LogP contribution in [0.2, 0.25) is 10.0 Å². The van der Waals surface area contributed by atoms with Crippen molar-refractivity contribution in [2.24, 2.45) is 0 Å². The molecule has 0 saturated carbocycles. The minimum atomic E-state index is 0.168. The highest BCUT2D eigenvalue weighted by molar-refractivity contribution is 6.31. The summed E-state index contributed by atoms with van der Waals surface area (Å²) in [4.78, 5) is 6.55. The first-order valence-corrected chi connectivity index (χ1v) is 9.95. The summed E-state index contributed by atoms with van der Waals surface area (Å²) in [5.41, 5.74) is 6.69. The molecule has 0 aliphatic carbocycles. The SMILES string of the molecule is Cc1c(CCO)[nH]c2ccc(Cl)cc12.Cc1c(CCO)[nH]c2ccc(Cl)cc12. The van der Waals surface area contributed by atoms with Crippen molar-refractivity contribution in [3.63, 3.8) is 0 Å². The van der Waals surface area contributed by atoms with Crippen LogP contribution >= 0.6 is 23.2 Å². The van der Waals surface area contributed by atoms with Gasteiger partial charge in [-0.15, -0.1) is 0 Å². The minimum absolute atomic E-state index is 0.168. The summed E-state index contributed by atoms with van der Waals surface area (Å²) in [6, 6.07) is 11.6. The quantitative estimate of drug-likeness (QED) is 0.361. The molecule has 28 heavy (non-hydrogen) atoms. The van der Waals surface area contributed by atoms with Gasteiger partial charge in [0.25, 0.3) is 0 Å². The monoisotopic (exact) mass is 418 g/mol. The zero-order chi connectivity index (χ0) is 20.3. The first-order valence-electron chi connectivity index (χ1n) is 9.19. The third-order valence-electron chi connectivity index (χ3n) is 4.97. The fourth-order valence-electron chi connectivity index (χ4n) is 3.43. The number of aryl methyl sites for hydroxylation is 2. The van der Waals surface area contributed by atoms with E-state index in [1.54, 1.807) is 0 Å². The molecule has 0 spiro atoms. The summed E-state index contributed by atoms with van der Waals surface area (Å²) in [6.45, 7) is 4.42. The number of rotatable bonds is 4. The van der Waals surface area contributed by atoms with Gasteiger partial charge >= 0.3 is 0 Å². The minimum Gasteiger partial charge on any atom is -0.396 e. The van der Waals surface area contributed by atoms with Crippen LogP contribution in [0.5, 0.6) is 0 Å². The van der Waals surface area contributed by atoms with Crippen molar-refractivity contribution >= 4 is 45.0 Å². The van der Waals surface area contributed by atoms with E-state index < -0.39 is 0 Å². The Kier molecular flexibility index (Phi) is 6.68. The molecular formula is C22H24Cl2N2O2. The molecule has 2 heterocycles. The van der Waals surface area contributed by atoms with Crippen molar-refractivity contribution < 1.29 is 10.2 Å². The lowest BCUT2D eigenvalue weighted by atomic mass is 10.1. The van der Waals surface area contributed by atoms with Gasteiger partial charge in [0, 0.05) is 69.3 Å². The molecule has 148 valence electrons. The number of aromatic amines is 2. The predicted molar refractivity (Wildman–Crippen MR) is 118 cm³/mol. The van der Waals surface area contributed by atoms with Crippen LogP contribution in [0, 0.1) is 13.8 Å². The summed E-state index contributed by atoms with van der Waals surface area (Å²) in [5, 5.41) is 21.5. The van der Waals surface area contributed by atoms with E-state index in [1.807, 2.05) is 50.2 Å². The third-order valence-corrected chi connectivity index (χ3v) is 5.44. The second-order valence-electron chi connectivity index (χ2n) is 6.78. The molecule has 0 bridgehead atoms. The maximum absolute atomic E-state index is 8.88. The number of fused-ring (bicyclic) bond motifs is 2. The van der Waals surface area contributed by atoms with Crippen molar-refractivity contribution in [2.75, 3.05) is 13.2 Å². The number of benzene rings is 2. The molecule has 4 nitrogen and oxygen atoms in total. The number of aromatic nitrogens is 2. The van der Waals surface area contributed by atoms with E-state index in [4.69, 9.17) is 33.4 Å². The zero-order valence-corrected chi connectivity index (χ0v) is 17.5. The number of H-pyrrole nitrogens is 2. The molecule has 6 heteroatoms. The van der Waals surface area contributed by atoms with Gasteiger partial charge in [-0.05, 0) is 61.4 Å². The van der Waals surface area contributed by atoms with E-state index in [0.29, 0.717) is 12.8 Å². The Morgan fingerprint density at radius 1 is 0.714 bits per heavy atom. The largest absolute Gasteiger partial charge is 0.396 e. The standard InChI is InChI=1S/2C11H12ClNO/c2*1-7-9-6-8(12)2-3-11(9)13-10(7)4-5-14/h2*2-3,6,13-14H,4-5H2,1H3. The van der Waals surface area contributed by atoms with Crippen molar-refractivity contribution in [2.45, 2.75) is 26.7 Å². The van der Waals surface area contributed by atoms with Crippen molar-refractivity contribution in [1.82, 2.24) is 9.97 Å². The number of halogens is 2. The van der Waals surface area contributed by atoms with Gasteiger partial charge in [0.05, 0.1) is 0 Å². The van der Waals surface area contributed by atoms with Gasteiger partial charge in [-0.25, -0.2) is 0 Å². The Morgan fingerprint density at radius 3 is 1.46 bits per heavy atom. The van der Waals surface area contributed by atoms with Crippen LogP contribution in [0.1, 0.15) is 22.5 Å². The molecule has 0 amide bonds. The highest BCUT2D eigenvalue weighted by atomic mass is 35.5. The van der Waals surface area contributed by atoms with Gasteiger partial charge in [-0.3, -0.25) is 0 Å². The highest BCUT2D eigenvalue weighted by Gasteiger charge is 2.07. The second kappa shape index (κ2) is 9.01. The van der Waals surface area contributed by atoms with Crippen molar-refractivity contribution in [3.8, 4) is 0 Å². The van der Waals surface area contributed by atoms with Crippen molar-refractivity contribution in [3.05, 3.63) is 69.0 Å². The van der Waals surface area contributed by atoms with E-state index in [9.17, 15) is 0 Å². The van der Waals surface area contributed by atoms with E-state index >= 15 is 0 Å². The molecule has 4 aromatic rings. The average Bonchev–Trinajstić information content (AvgIpc) is 3.14. The first-order chi connectivity index (χ1) is 13.4. The summed E-state index contributed by atoms with van der Waals surface area (Å²) in [6.07, 6.45) is 1.33.